The van der Waals surface area contributed by atoms with Crippen LogP contribution in [0.3, 0.4) is 0 Å². The highest BCUT2D eigenvalue weighted by molar-refractivity contribution is 5.65. The Bertz CT molecular complexity index is 449. The lowest BCUT2D eigenvalue weighted by molar-refractivity contribution is -0.383. The van der Waals surface area contributed by atoms with Crippen LogP contribution in [0, 0.1) is 10.1 Å². The summed E-state index contributed by atoms with van der Waals surface area (Å²) in [7, 11) is 0. The van der Waals surface area contributed by atoms with Crippen molar-refractivity contribution >= 4 is 17.1 Å². The van der Waals surface area contributed by atoms with Crippen molar-refractivity contribution in [2.24, 2.45) is 0 Å². The maximum Gasteiger partial charge on any atom is 0.389 e. The molecule has 0 radical (unpaired) electrons. The Labute approximate surface area is 107 Å². The summed E-state index contributed by atoms with van der Waals surface area (Å²) in [6.45, 7) is 0.354. The first kappa shape index (κ1) is 15.1. The van der Waals surface area contributed by atoms with E-state index < -0.39 is 17.5 Å². The second-order valence-corrected chi connectivity index (χ2v) is 4.03. The van der Waals surface area contributed by atoms with Crippen molar-refractivity contribution in [2.45, 2.75) is 25.4 Å². The van der Waals surface area contributed by atoms with Crippen LogP contribution < -0.4 is 11.1 Å². The van der Waals surface area contributed by atoms with Crippen LogP contribution in [0.25, 0.3) is 0 Å². The molecule has 0 aliphatic heterocycles. The summed E-state index contributed by atoms with van der Waals surface area (Å²) in [5, 5.41) is 13.4. The molecule has 0 heterocycles. The van der Waals surface area contributed by atoms with Gasteiger partial charge >= 0.3 is 6.18 Å². The van der Waals surface area contributed by atoms with Gasteiger partial charge in [-0.3, -0.25) is 10.1 Å². The number of alkyl halides is 3. The average Bonchev–Trinajstić information content (AvgIpc) is 2.26. The number of hydrogen-bond acceptors (Lipinski definition) is 4. The zero-order valence-electron chi connectivity index (χ0n) is 10.0. The highest BCUT2D eigenvalue weighted by atomic mass is 19.4. The van der Waals surface area contributed by atoms with E-state index in [9.17, 15) is 23.3 Å². The highest BCUT2D eigenvalue weighted by Gasteiger charge is 2.25. The summed E-state index contributed by atoms with van der Waals surface area (Å²) < 4.78 is 35.6. The van der Waals surface area contributed by atoms with Gasteiger partial charge in [0.25, 0.3) is 5.69 Å². The highest BCUT2D eigenvalue weighted by Crippen LogP contribution is 2.25. The zero-order valence-corrected chi connectivity index (χ0v) is 10.0. The Hall–Kier alpha value is -1.99. The molecule has 0 aromatic heterocycles. The van der Waals surface area contributed by atoms with E-state index in [2.05, 4.69) is 5.32 Å². The summed E-state index contributed by atoms with van der Waals surface area (Å²) in [4.78, 5) is 9.93. The lowest BCUT2D eigenvalue weighted by Crippen LogP contribution is -2.09. The molecule has 0 amide bonds. The Kier molecular flexibility index (Phi) is 4.96. The van der Waals surface area contributed by atoms with Gasteiger partial charge in [0.15, 0.2) is 0 Å². The molecule has 1 rings (SSSR count). The Morgan fingerprint density at radius 1 is 1.32 bits per heavy atom. The topological polar surface area (TPSA) is 81.2 Å². The number of benzene rings is 1. The predicted octanol–water partition coefficient (Wildman–Crippen LogP) is 3.32. The lowest BCUT2D eigenvalue weighted by atomic mass is 10.2. The molecule has 0 saturated carbocycles. The van der Waals surface area contributed by atoms with Crippen molar-refractivity contribution in [3.63, 3.8) is 0 Å². The SMILES string of the molecule is Nc1cc(NCCCCC(F)(F)F)ccc1[N+](=O)[O-]. The van der Waals surface area contributed by atoms with E-state index in [4.69, 9.17) is 5.73 Å². The number of nitro groups is 1. The summed E-state index contributed by atoms with van der Waals surface area (Å²) in [5.74, 6) is 0. The molecule has 0 bridgehead atoms. The van der Waals surface area contributed by atoms with Crippen LogP contribution in [0.15, 0.2) is 18.2 Å². The van der Waals surface area contributed by atoms with Gasteiger partial charge in [-0.05, 0) is 25.0 Å². The van der Waals surface area contributed by atoms with Crippen LogP contribution in [0.2, 0.25) is 0 Å². The Balaban J connectivity index is 2.38. The number of nitrogen functional groups attached to an aromatic ring is 1. The first-order valence-electron chi connectivity index (χ1n) is 5.64. The fourth-order valence-corrected chi connectivity index (χ4v) is 1.51. The molecule has 1 aromatic rings. The molecule has 1 aromatic carbocycles. The third kappa shape index (κ3) is 5.45. The van der Waals surface area contributed by atoms with E-state index in [0.29, 0.717) is 18.7 Å². The van der Waals surface area contributed by atoms with Gasteiger partial charge < -0.3 is 11.1 Å². The second kappa shape index (κ2) is 6.26. The number of rotatable bonds is 6. The molecule has 0 saturated heterocycles. The van der Waals surface area contributed by atoms with E-state index in [1.54, 1.807) is 0 Å². The first-order valence-corrected chi connectivity index (χ1v) is 5.64. The van der Waals surface area contributed by atoms with E-state index in [1.165, 1.54) is 18.2 Å². The smallest absolute Gasteiger partial charge is 0.389 e. The summed E-state index contributed by atoms with van der Waals surface area (Å²) in [6, 6.07) is 4.12. The summed E-state index contributed by atoms with van der Waals surface area (Å²) >= 11 is 0. The average molecular weight is 277 g/mol. The van der Waals surface area contributed by atoms with Crippen LogP contribution in [0.1, 0.15) is 19.3 Å². The molecule has 0 aliphatic rings. The van der Waals surface area contributed by atoms with Crippen molar-refractivity contribution in [2.75, 3.05) is 17.6 Å². The van der Waals surface area contributed by atoms with Gasteiger partial charge in [0, 0.05) is 24.7 Å². The number of nitrogens with one attached hydrogen (secondary N) is 1. The monoisotopic (exact) mass is 277 g/mol. The number of hydrogen-bond donors (Lipinski definition) is 2. The normalized spacial score (nSPS) is 11.3. The van der Waals surface area contributed by atoms with Crippen LogP contribution in [-0.4, -0.2) is 17.6 Å². The molecule has 19 heavy (non-hydrogen) atoms. The van der Waals surface area contributed by atoms with E-state index in [1.807, 2.05) is 0 Å². The molecule has 0 fully saturated rings. The van der Waals surface area contributed by atoms with Gasteiger partial charge in [-0.2, -0.15) is 13.2 Å². The zero-order chi connectivity index (χ0) is 14.5. The molecule has 8 heteroatoms. The van der Waals surface area contributed by atoms with Gasteiger partial charge in [0.1, 0.15) is 5.69 Å². The molecule has 0 unspecified atom stereocenters. The van der Waals surface area contributed by atoms with E-state index in [-0.39, 0.29) is 17.8 Å². The molecule has 5 nitrogen and oxygen atoms in total. The van der Waals surface area contributed by atoms with Crippen molar-refractivity contribution in [3.8, 4) is 0 Å². The fraction of sp³-hybridized carbons (Fsp3) is 0.455. The maximum absolute atomic E-state index is 11.9. The minimum absolute atomic E-state index is 0.0188. The Morgan fingerprint density at radius 2 is 2.00 bits per heavy atom. The van der Waals surface area contributed by atoms with Gasteiger partial charge in [0.2, 0.25) is 0 Å². The standard InChI is InChI=1S/C11H14F3N3O2/c12-11(13,14)5-1-2-6-16-8-3-4-10(17(18)19)9(15)7-8/h3-4,7,16H,1-2,5-6,15H2. The predicted molar refractivity (Wildman–Crippen MR) is 65.9 cm³/mol. The Morgan fingerprint density at radius 3 is 2.53 bits per heavy atom. The summed E-state index contributed by atoms with van der Waals surface area (Å²) in [5.41, 5.74) is 5.86. The number of nitrogens with zero attached hydrogens (tertiary/aromatic N) is 1. The minimum atomic E-state index is -4.13. The number of anilines is 2. The van der Waals surface area contributed by atoms with Gasteiger partial charge in [-0.15, -0.1) is 0 Å². The van der Waals surface area contributed by atoms with Gasteiger partial charge in [0.05, 0.1) is 4.92 Å². The molecule has 0 spiro atoms. The quantitative estimate of drug-likeness (QED) is 0.362. The maximum atomic E-state index is 11.9. The molecule has 0 aliphatic carbocycles. The number of unbranched alkanes of at least 4 members (excludes halogenated alkanes) is 1. The number of nitrogens with two attached hydrogens (primary N) is 1. The second-order valence-electron chi connectivity index (χ2n) is 4.03. The third-order valence-corrected chi connectivity index (χ3v) is 2.44. The fourth-order valence-electron chi connectivity index (χ4n) is 1.51. The van der Waals surface area contributed by atoms with Crippen LogP contribution in [0.5, 0.6) is 0 Å². The van der Waals surface area contributed by atoms with Crippen LogP contribution in [0.4, 0.5) is 30.2 Å². The van der Waals surface area contributed by atoms with Crippen molar-refractivity contribution < 1.29 is 18.1 Å². The molecule has 106 valence electrons. The molecular formula is C11H14F3N3O2. The van der Waals surface area contributed by atoms with E-state index >= 15 is 0 Å². The van der Waals surface area contributed by atoms with Crippen LogP contribution >= 0.6 is 0 Å². The number of nitro benzene ring substituents is 1. The summed E-state index contributed by atoms with van der Waals surface area (Å²) in [6.07, 6.45) is -4.54. The van der Waals surface area contributed by atoms with Crippen LogP contribution in [-0.2, 0) is 0 Å². The third-order valence-electron chi connectivity index (χ3n) is 2.44. The first-order chi connectivity index (χ1) is 8.79. The minimum Gasteiger partial charge on any atom is -0.393 e. The molecular weight excluding hydrogens is 263 g/mol. The molecule has 0 atom stereocenters. The lowest BCUT2D eigenvalue weighted by Gasteiger charge is -2.08. The van der Waals surface area contributed by atoms with Gasteiger partial charge in [-0.1, -0.05) is 0 Å². The largest absolute Gasteiger partial charge is 0.393 e. The van der Waals surface area contributed by atoms with Crippen molar-refractivity contribution in [1.82, 2.24) is 0 Å². The number of halogens is 3. The van der Waals surface area contributed by atoms with Crippen molar-refractivity contribution in [1.29, 1.82) is 0 Å². The van der Waals surface area contributed by atoms with Gasteiger partial charge in [-0.25, -0.2) is 0 Å². The molecule has 3 N–H and O–H groups in total. The van der Waals surface area contributed by atoms with E-state index in [0.717, 1.165) is 0 Å². The van der Waals surface area contributed by atoms with Crippen molar-refractivity contribution in [3.05, 3.63) is 28.3 Å².